The van der Waals surface area contributed by atoms with Crippen LogP contribution in [0.15, 0.2) is 4.99 Å². The van der Waals surface area contributed by atoms with E-state index in [4.69, 9.17) is 4.74 Å². The lowest BCUT2D eigenvalue weighted by Crippen LogP contribution is -2.46. The summed E-state index contributed by atoms with van der Waals surface area (Å²) in [5, 5.41) is 6.86. The van der Waals surface area contributed by atoms with Gasteiger partial charge in [-0.2, -0.15) is 0 Å². The van der Waals surface area contributed by atoms with E-state index in [1.54, 1.807) is 0 Å². The van der Waals surface area contributed by atoms with Crippen LogP contribution in [0.4, 0.5) is 0 Å². The van der Waals surface area contributed by atoms with Gasteiger partial charge in [0, 0.05) is 45.9 Å². The molecular weight excluding hydrogens is 288 g/mol. The highest BCUT2D eigenvalue weighted by molar-refractivity contribution is 5.79. The molecule has 1 aliphatic rings. The molecule has 1 atom stereocenters. The molecule has 0 aromatic rings. The third-order valence-electron chi connectivity index (χ3n) is 4.46. The second-order valence-corrected chi connectivity index (χ2v) is 6.80. The van der Waals surface area contributed by atoms with E-state index in [0.29, 0.717) is 6.04 Å². The molecule has 1 saturated heterocycles. The van der Waals surface area contributed by atoms with Crippen LogP contribution in [0.25, 0.3) is 0 Å². The average Bonchev–Trinajstić information content (AvgIpc) is 2.57. The van der Waals surface area contributed by atoms with Gasteiger partial charge in [-0.3, -0.25) is 4.99 Å². The van der Waals surface area contributed by atoms with E-state index in [1.165, 1.54) is 32.4 Å². The first-order chi connectivity index (χ1) is 11.2. The Morgan fingerprint density at radius 1 is 1.26 bits per heavy atom. The number of piperidine rings is 1. The van der Waals surface area contributed by atoms with Crippen LogP contribution in [0, 0.1) is 5.92 Å². The predicted octanol–water partition coefficient (Wildman–Crippen LogP) is 2.48. The minimum Gasteiger partial charge on any atom is -0.381 e. The molecule has 0 aromatic carbocycles. The quantitative estimate of drug-likeness (QED) is 0.368. The Hall–Kier alpha value is -0.810. The van der Waals surface area contributed by atoms with Crippen LogP contribution >= 0.6 is 0 Å². The van der Waals surface area contributed by atoms with Crippen LogP contribution in [0.1, 0.15) is 52.9 Å². The second-order valence-electron chi connectivity index (χ2n) is 6.80. The Bertz CT molecular complexity index is 320. The molecule has 23 heavy (non-hydrogen) atoms. The molecule has 5 nitrogen and oxygen atoms in total. The molecule has 1 aliphatic heterocycles. The minimum absolute atomic E-state index is 0.656. The summed E-state index contributed by atoms with van der Waals surface area (Å²) in [6.07, 6.45) is 6.01. The summed E-state index contributed by atoms with van der Waals surface area (Å²) >= 11 is 0. The fourth-order valence-electron chi connectivity index (χ4n) is 2.92. The fourth-order valence-corrected chi connectivity index (χ4v) is 2.92. The van der Waals surface area contributed by atoms with Crippen LogP contribution < -0.4 is 10.6 Å². The highest BCUT2D eigenvalue weighted by atomic mass is 16.5. The summed E-state index contributed by atoms with van der Waals surface area (Å²) in [5.74, 6) is 1.64. The maximum absolute atomic E-state index is 5.57. The number of nitrogens with zero attached hydrogens (tertiary/aromatic N) is 2. The van der Waals surface area contributed by atoms with Crippen molar-refractivity contribution in [1.82, 2.24) is 15.5 Å². The topological polar surface area (TPSA) is 48.9 Å². The highest BCUT2D eigenvalue weighted by Crippen LogP contribution is 2.17. The van der Waals surface area contributed by atoms with Gasteiger partial charge in [0.2, 0.25) is 0 Å². The van der Waals surface area contributed by atoms with E-state index in [-0.39, 0.29) is 0 Å². The number of aliphatic imine (C=N–C) groups is 1. The predicted molar refractivity (Wildman–Crippen MR) is 99.1 cm³/mol. The van der Waals surface area contributed by atoms with Gasteiger partial charge in [-0.15, -0.1) is 0 Å². The van der Waals surface area contributed by atoms with Crippen LogP contribution in [-0.4, -0.2) is 63.3 Å². The lowest BCUT2D eigenvalue weighted by molar-refractivity contribution is 0.129. The molecule has 0 radical (unpaired) electrons. The lowest BCUT2D eigenvalue weighted by atomic mass is 9.97. The third kappa shape index (κ3) is 9.16. The van der Waals surface area contributed by atoms with Gasteiger partial charge in [-0.25, -0.2) is 0 Å². The number of nitrogens with one attached hydrogen (secondary N) is 2. The lowest BCUT2D eigenvalue weighted by Gasteiger charge is -2.35. The van der Waals surface area contributed by atoms with Crippen molar-refractivity contribution in [3.63, 3.8) is 0 Å². The number of rotatable bonds is 10. The average molecular weight is 327 g/mol. The molecule has 0 amide bonds. The normalized spacial score (nSPS) is 20.0. The molecule has 136 valence electrons. The molecule has 1 heterocycles. The maximum atomic E-state index is 5.57. The minimum atomic E-state index is 0.656. The molecule has 0 aliphatic carbocycles. The van der Waals surface area contributed by atoms with E-state index in [9.17, 15) is 0 Å². The smallest absolute Gasteiger partial charge is 0.190 e. The van der Waals surface area contributed by atoms with E-state index in [1.807, 2.05) is 7.05 Å². The summed E-state index contributed by atoms with van der Waals surface area (Å²) in [5.41, 5.74) is 0. The van der Waals surface area contributed by atoms with Crippen molar-refractivity contribution >= 4 is 5.96 Å². The molecule has 1 unspecified atom stereocenters. The standard InChI is InChI=1S/C18H38N4O/c1-5-6-12-23-13-8-10-20-18(19-4)21-14-17-9-7-11-22(15-17)16(2)3/h16-17H,5-15H2,1-4H3,(H2,19,20,21). The molecule has 5 heteroatoms. The number of unbranched alkanes of at least 4 members (excludes halogenated alkanes) is 1. The number of hydrogen-bond acceptors (Lipinski definition) is 3. The number of ether oxygens (including phenoxy) is 1. The summed E-state index contributed by atoms with van der Waals surface area (Å²) in [7, 11) is 1.84. The molecule has 0 saturated carbocycles. The summed E-state index contributed by atoms with van der Waals surface area (Å²) in [6, 6.07) is 0.656. The number of hydrogen-bond donors (Lipinski definition) is 2. The molecule has 0 spiro atoms. The van der Waals surface area contributed by atoms with Crippen molar-refractivity contribution in [1.29, 1.82) is 0 Å². The number of guanidine groups is 1. The Kier molecular flexibility index (Phi) is 11.1. The van der Waals surface area contributed by atoms with Gasteiger partial charge in [0.05, 0.1) is 0 Å². The van der Waals surface area contributed by atoms with Crippen molar-refractivity contribution in [2.24, 2.45) is 10.9 Å². The van der Waals surface area contributed by atoms with Gasteiger partial charge in [-0.1, -0.05) is 13.3 Å². The first kappa shape index (κ1) is 20.2. The van der Waals surface area contributed by atoms with E-state index < -0.39 is 0 Å². The van der Waals surface area contributed by atoms with E-state index >= 15 is 0 Å². The summed E-state index contributed by atoms with van der Waals surface area (Å²) in [4.78, 5) is 6.90. The van der Waals surface area contributed by atoms with Gasteiger partial charge in [0.1, 0.15) is 0 Å². The fraction of sp³-hybridized carbons (Fsp3) is 0.944. The summed E-state index contributed by atoms with van der Waals surface area (Å²) < 4.78 is 5.57. The Balaban J connectivity index is 2.11. The van der Waals surface area contributed by atoms with Crippen molar-refractivity contribution < 1.29 is 4.74 Å². The zero-order chi connectivity index (χ0) is 16.9. The second kappa shape index (κ2) is 12.6. The molecule has 0 bridgehead atoms. The van der Waals surface area contributed by atoms with Gasteiger partial charge in [0.25, 0.3) is 0 Å². The van der Waals surface area contributed by atoms with Gasteiger partial charge < -0.3 is 20.3 Å². The first-order valence-electron chi connectivity index (χ1n) is 9.43. The van der Waals surface area contributed by atoms with Crippen molar-refractivity contribution in [2.75, 3.05) is 46.4 Å². The highest BCUT2D eigenvalue weighted by Gasteiger charge is 2.21. The largest absolute Gasteiger partial charge is 0.381 e. The van der Waals surface area contributed by atoms with Crippen molar-refractivity contribution in [3.8, 4) is 0 Å². The van der Waals surface area contributed by atoms with Crippen molar-refractivity contribution in [3.05, 3.63) is 0 Å². The molecule has 1 rings (SSSR count). The van der Waals surface area contributed by atoms with Crippen LogP contribution in [0.2, 0.25) is 0 Å². The van der Waals surface area contributed by atoms with Crippen molar-refractivity contribution in [2.45, 2.75) is 58.9 Å². The Morgan fingerprint density at radius 3 is 2.74 bits per heavy atom. The molecule has 1 fully saturated rings. The zero-order valence-electron chi connectivity index (χ0n) is 15.7. The summed E-state index contributed by atoms with van der Waals surface area (Å²) in [6.45, 7) is 12.9. The van der Waals surface area contributed by atoms with Crippen LogP contribution in [0.3, 0.4) is 0 Å². The SMILES string of the molecule is CCCCOCCCNC(=NC)NCC1CCCN(C(C)C)C1. The van der Waals surface area contributed by atoms with E-state index in [0.717, 1.165) is 51.0 Å². The Labute approximate surface area is 143 Å². The van der Waals surface area contributed by atoms with Crippen LogP contribution in [-0.2, 0) is 4.74 Å². The van der Waals surface area contributed by atoms with Gasteiger partial charge in [-0.05, 0) is 52.0 Å². The van der Waals surface area contributed by atoms with Gasteiger partial charge >= 0.3 is 0 Å². The zero-order valence-corrected chi connectivity index (χ0v) is 15.7. The maximum Gasteiger partial charge on any atom is 0.190 e. The number of likely N-dealkylation sites (tertiary alicyclic amines) is 1. The van der Waals surface area contributed by atoms with E-state index in [2.05, 4.69) is 41.3 Å². The molecule has 0 aromatic heterocycles. The monoisotopic (exact) mass is 326 g/mol. The van der Waals surface area contributed by atoms with Crippen LogP contribution in [0.5, 0.6) is 0 Å². The molecule has 2 N–H and O–H groups in total. The Morgan fingerprint density at radius 2 is 2.04 bits per heavy atom. The third-order valence-corrected chi connectivity index (χ3v) is 4.46. The molecular formula is C18H38N4O. The van der Waals surface area contributed by atoms with Gasteiger partial charge in [0.15, 0.2) is 5.96 Å². The first-order valence-corrected chi connectivity index (χ1v) is 9.43.